The SMILES string of the molecule is COc1ccc(C(C)Nn2c(C)ccc2C)cc1OC. The molecule has 0 saturated carbocycles. The quantitative estimate of drug-likeness (QED) is 0.907. The second kappa shape index (κ2) is 5.90. The Morgan fingerprint density at radius 3 is 2.10 bits per heavy atom. The first-order valence-electron chi connectivity index (χ1n) is 6.70. The van der Waals surface area contributed by atoms with Crippen molar-refractivity contribution in [3.05, 3.63) is 47.3 Å². The molecule has 1 N–H and O–H groups in total. The summed E-state index contributed by atoms with van der Waals surface area (Å²) in [5.74, 6) is 1.50. The molecule has 108 valence electrons. The number of methoxy groups -OCH3 is 2. The van der Waals surface area contributed by atoms with Crippen molar-refractivity contribution >= 4 is 0 Å². The minimum absolute atomic E-state index is 0.166. The fraction of sp³-hybridized carbons (Fsp3) is 0.375. The number of aryl methyl sites for hydroxylation is 2. The van der Waals surface area contributed by atoms with Crippen LogP contribution in [0.25, 0.3) is 0 Å². The molecule has 4 nitrogen and oxygen atoms in total. The molecule has 0 radical (unpaired) electrons. The zero-order chi connectivity index (χ0) is 14.7. The van der Waals surface area contributed by atoms with Crippen molar-refractivity contribution < 1.29 is 9.47 Å². The lowest BCUT2D eigenvalue weighted by Crippen LogP contribution is -2.20. The molecule has 0 aliphatic carbocycles. The van der Waals surface area contributed by atoms with Crippen molar-refractivity contribution in [2.24, 2.45) is 0 Å². The van der Waals surface area contributed by atoms with Crippen LogP contribution in [0.15, 0.2) is 30.3 Å². The third-order valence-electron chi connectivity index (χ3n) is 3.50. The maximum Gasteiger partial charge on any atom is 0.161 e. The van der Waals surface area contributed by atoms with Crippen molar-refractivity contribution in [3.63, 3.8) is 0 Å². The molecular formula is C16H22N2O2. The highest BCUT2D eigenvalue weighted by molar-refractivity contribution is 5.44. The summed E-state index contributed by atoms with van der Waals surface area (Å²) in [7, 11) is 3.30. The zero-order valence-corrected chi connectivity index (χ0v) is 12.7. The molecule has 1 atom stereocenters. The van der Waals surface area contributed by atoms with Gasteiger partial charge in [0.1, 0.15) is 0 Å². The summed E-state index contributed by atoms with van der Waals surface area (Å²) in [6.45, 7) is 6.29. The average Bonchev–Trinajstić information content (AvgIpc) is 2.78. The van der Waals surface area contributed by atoms with E-state index in [9.17, 15) is 0 Å². The first kappa shape index (κ1) is 14.3. The van der Waals surface area contributed by atoms with Crippen LogP contribution < -0.4 is 14.9 Å². The van der Waals surface area contributed by atoms with Gasteiger partial charge in [-0.05, 0) is 50.6 Å². The molecular weight excluding hydrogens is 252 g/mol. The summed E-state index contributed by atoms with van der Waals surface area (Å²) in [5, 5.41) is 0. The van der Waals surface area contributed by atoms with Crippen LogP contribution in [-0.2, 0) is 0 Å². The molecule has 0 amide bonds. The number of nitrogens with one attached hydrogen (secondary N) is 1. The van der Waals surface area contributed by atoms with Crippen LogP contribution in [-0.4, -0.2) is 18.9 Å². The van der Waals surface area contributed by atoms with Gasteiger partial charge in [0.15, 0.2) is 11.5 Å². The van der Waals surface area contributed by atoms with E-state index < -0.39 is 0 Å². The van der Waals surface area contributed by atoms with E-state index in [1.54, 1.807) is 14.2 Å². The normalized spacial score (nSPS) is 12.1. The highest BCUT2D eigenvalue weighted by atomic mass is 16.5. The molecule has 0 aliphatic rings. The molecule has 0 spiro atoms. The monoisotopic (exact) mass is 274 g/mol. The van der Waals surface area contributed by atoms with Crippen LogP contribution in [0, 0.1) is 13.8 Å². The second-order valence-electron chi connectivity index (χ2n) is 4.92. The van der Waals surface area contributed by atoms with E-state index in [4.69, 9.17) is 9.47 Å². The van der Waals surface area contributed by atoms with Crippen molar-refractivity contribution in [3.8, 4) is 11.5 Å². The Morgan fingerprint density at radius 1 is 0.950 bits per heavy atom. The lowest BCUT2D eigenvalue weighted by atomic mass is 10.1. The van der Waals surface area contributed by atoms with Crippen LogP contribution in [0.5, 0.6) is 11.5 Å². The van der Waals surface area contributed by atoms with E-state index in [0.717, 1.165) is 17.1 Å². The topological polar surface area (TPSA) is 35.4 Å². The summed E-state index contributed by atoms with van der Waals surface area (Å²) < 4.78 is 12.7. The van der Waals surface area contributed by atoms with Gasteiger partial charge in [-0.3, -0.25) is 4.68 Å². The van der Waals surface area contributed by atoms with E-state index in [0.29, 0.717) is 0 Å². The molecule has 1 heterocycles. The number of aromatic nitrogens is 1. The summed E-state index contributed by atoms with van der Waals surface area (Å²) in [6, 6.07) is 10.4. The van der Waals surface area contributed by atoms with E-state index in [1.165, 1.54) is 11.4 Å². The van der Waals surface area contributed by atoms with E-state index in [-0.39, 0.29) is 6.04 Å². The van der Waals surface area contributed by atoms with Crippen LogP contribution in [0.4, 0.5) is 0 Å². The van der Waals surface area contributed by atoms with Gasteiger partial charge in [0.25, 0.3) is 0 Å². The van der Waals surface area contributed by atoms with E-state index >= 15 is 0 Å². The van der Waals surface area contributed by atoms with Gasteiger partial charge in [0, 0.05) is 11.4 Å². The van der Waals surface area contributed by atoms with Crippen LogP contribution in [0.2, 0.25) is 0 Å². The molecule has 4 heteroatoms. The Balaban J connectivity index is 2.23. The lowest BCUT2D eigenvalue weighted by Gasteiger charge is -2.20. The number of rotatable bonds is 5. The van der Waals surface area contributed by atoms with Gasteiger partial charge >= 0.3 is 0 Å². The van der Waals surface area contributed by atoms with Gasteiger partial charge in [0.05, 0.1) is 20.3 Å². The van der Waals surface area contributed by atoms with Gasteiger partial charge in [-0.15, -0.1) is 0 Å². The van der Waals surface area contributed by atoms with Crippen LogP contribution >= 0.6 is 0 Å². The van der Waals surface area contributed by atoms with Gasteiger partial charge in [-0.1, -0.05) is 6.07 Å². The fourth-order valence-corrected chi connectivity index (χ4v) is 2.26. The Morgan fingerprint density at radius 2 is 1.55 bits per heavy atom. The van der Waals surface area contributed by atoms with Gasteiger partial charge in [0.2, 0.25) is 0 Å². The van der Waals surface area contributed by atoms with Crippen LogP contribution in [0.1, 0.15) is 29.9 Å². The molecule has 0 bridgehead atoms. The zero-order valence-electron chi connectivity index (χ0n) is 12.7. The predicted octanol–water partition coefficient (Wildman–Crippen LogP) is 3.43. The molecule has 0 aliphatic heterocycles. The summed E-state index contributed by atoms with van der Waals surface area (Å²) in [5.41, 5.74) is 7.01. The number of nitrogens with zero attached hydrogens (tertiary/aromatic N) is 1. The first-order chi connectivity index (χ1) is 9.56. The maximum absolute atomic E-state index is 5.35. The highest BCUT2D eigenvalue weighted by Crippen LogP contribution is 2.30. The largest absolute Gasteiger partial charge is 0.493 e. The van der Waals surface area contributed by atoms with Crippen molar-refractivity contribution in [1.82, 2.24) is 4.68 Å². The predicted molar refractivity (Wildman–Crippen MR) is 81.2 cm³/mol. The Labute approximate surface area is 120 Å². The molecule has 0 fully saturated rings. The highest BCUT2D eigenvalue weighted by Gasteiger charge is 2.11. The van der Waals surface area contributed by atoms with Gasteiger partial charge in [-0.2, -0.15) is 0 Å². The Bertz CT molecular complexity index is 571. The maximum atomic E-state index is 5.35. The lowest BCUT2D eigenvalue weighted by molar-refractivity contribution is 0.354. The molecule has 1 unspecified atom stereocenters. The minimum atomic E-state index is 0.166. The molecule has 1 aromatic heterocycles. The Kier molecular flexibility index (Phi) is 4.23. The number of ether oxygens (including phenoxy) is 2. The molecule has 2 rings (SSSR count). The third-order valence-corrected chi connectivity index (χ3v) is 3.50. The number of benzene rings is 1. The average molecular weight is 274 g/mol. The molecule has 1 aromatic carbocycles. The van der Waals surface area contributed by atoms with Gasteiger partial charge < -0.3 is 14.9 Å². The van der Waals surface area contributed by atoms with Gasteiger partial charge in [-0.25, -0.2) is 0 Å². The summed E-state index contributed by atoms with van der Waals surface area (Å²) in [4.78, 5) is 0. The van der Waals surface area contributed by atoms with Crippen LogP contribution in [0.3, 0.4) is 0 Å². The fourth-order valence-electron chi connectivity index (χ4n) is 2.26. The van der Waals surface area contributed by atoms with E-state index in [1.807, 2.05) is 18.2 Å². The summed E-state index contributed by atoms with van der Waals surface area (Å²) in [6.07, 6.45) is 0. The van der Waals surface area contributed by atoms with Crippen molar-refractivity contribution in [1.29, 1.82) is 0 Å². The number of hydrogen-bond acceptors (Lipinski definition) is 3. The standard InChI is InChI=1S/C16H22N2O2/c1-11-6-7-12(2)18(11)17-13(3)14-8-9-15(19-4)16(10-14)20-5/h6-10,13,17H,1-5H3. The first-order valence-corrected chi connectivity index (χ1v) is 6.70. The molecule has 0 saturated heterocycles. The summed E-state index contributed by atoms with van der Waals surface area (Å²) >= 11 is 0. The minimum Gasteiger partial charge on any atom is -0.493 e. The second-order valence-corrected chi connectivity index (χ2v) is 4.92. The third kappa shape index (κ3) is 2.74. The smallest absolute Gasteiger partial charge is 0.161 e. The molecule has 20 heavy (non-hydrogen) atoms. The molecule has 2 aromatic rings. The number of hydrogen-bond donors (Lipinski definition) is 1. The van der Waals surface area contributed by atoms with Crippen molar-refractivity contribution in [2.75, 3.05) is 19.6 Å². The van der Waals surface area contributed by atoms with Crippen molar-refractivity contribution in [2.45, 2.75) is 26.8 Å². The Hall–Kier alpha value is -2.10. The van der Waals surface area contributed by atoms with E-state index in [2.05, 4.69) is 43.0 Å².